The van der Waals surface area contributed by atoms with Crippen LogP contribution in [0.1, 0.15) is 30.5 Å². The summed E-state index contributed by atoms with van der Waals surface area (Å²) in [7, 11) is 0. The molecule has 3 N–H and O–H groups in total. The van der Waals surface area contributed by atoms with Gasteiger partial charge in [0.05, 0.1) is 0 Å². The van der Waals surface area contributed by atoms with Crippen LogP contribution in [-0.4, -0.2) is 19.0 Å². The first-order valence-corrected chi connectivity index (χ1v) is 11.4. The first-order chi connectivity index (χ1) is 16.4. The highest BCUT2D eigenvalue weighted by molar-refractivity contribution is 5.95. The van der Waals surface area contributed by atoms with E-state index in [4.69, 9.17) is 20.6 Å². The summed E-state index contributed by atoms with van der Waals surface area (Å²) in [5.41, 5.74) is 10.9. The summed E-state index contributed by atoms with van der Waals surface area (Å²) in [5, 5.41) is 7.49. The van der Waals surface area contributed by atoms with E-state index in [9.17, 15) is 0 Å². The van der Waals surface area contributed by atoms with E-state index >= 15 is 0 Å². The molecule has 0 aliphatic heterocycles. The van der Waals surface area contributed by atoms with Crippen molar-refractivity contribution >= 4 is 5.84 Å². The van der Waals surface area contributed by atoms with Gasteiger partial charge in [0, 0.05) is 11.0 Å². The van der Waals surface area contributed by atoms with E-state index in [1.54, 1.807) is 0 Å². The number of hydrogen-bond donors (Lipinski definition) is 2. The molecule has 4 aromatic rings. The van der Waals surface area contributed by atoms with Gasteiger partial charge in [-0.15, -0.1) is 0 Å². The lowest BCUT2D eigenvalue weighted by atomic mass is 9.78. The molecule has 0 spiro atoms. The van der Waals surface area contributed by atoms with Crippen LogP contribution >= 0.6 is 0 Å². The van der Waals surface area contributed by atoms with Gasteiger partial charge >= 0.3 is 0 Å². The number of ether oxygens (including phenoxy) is 2. The van der Waals surface area contributed by atoms with Crippen LogP contribution in [0, 0.1) is 5.41 Å². The molecule has 4 heteroatoms. The number of nitrogens with one attached hydrogen (secondary N) is 1. The maximum Gasteiger partial charge on any atom is 0.122 e. The molecule has 0 atom stereocenters. The first kappa shape index (κ1) is 23.1. The minimum atomic E-state index is -0.0650. The second kappa shape index (κ2) is 10.3. The molecule has 0 aliphatic rings. The Morgan fingerprint density at radius 2 is 1.09 bits per heavy atom. The van der Waals surface area contributed by atoms with Crippen molar-refractivity contribution in [1.82, 2.24) is 0 Å². The van der Waals surface area contributed by atoms with Crippen LogP contribution in [0.5, 0.6) is 11.5 Å². The Morgan fingerprint density at radius 1 is 0.647 bits per heavy atom. The first-order valence-electron chi connectivity index (χ1n) is 11.4. The molecule has 0 bridgehead atoms. The molecule has 4 aromatic carbocycles. The maximum atomic E-state index is 7.49. The summed E-state index contributed by atoms with van der Waals surface area (Å²) >= 11 is 0. The highest BCUT2D eigenvalue weighted by atomic mass is 16.5. The molecule has 4 nitrogen and oxygen atoms in total. The summed E-state index contributed by atoms with van der Waals surface area (Å²) < 4.78 is 11.7. The Balaban J connectivity index is 1.27. The van der Waals surface area contributed by atoms with Crippen LogP contribution in [0.15, 0.2) is 103 Å². The number of benzene rings is 4. The third-order valence-electron chi connectivity index (χ3n) is 6.08. The Kier molecular flexibility index (Phi) is 6.98. The van der Waals surface area contributed by atoms with Crippen LogP contribution in [-0.2, 0) is 5.41 Å². The van der Waals surface area contributed by atoms with Gasteiger partial charge in [-0.1, -0.05) is 92.7 Å². The largest absolute Gasteiger partial charge is 0.490 e. The maximum absolute atomic E-state index is 7.49. The lowest BCUT2D eigenvalue weighted by Gasteiger charge is -2.26. The standard InChI is InChI=1S/C30H30N2O2/c1-30(2,25-6-4-3-5-7-25)26-14-18-28(19-15-26)34-21-20-33-27-16-12-23(13-17-27)22-8-10-24(11-9-22)29(31)32/h3-19H,20-21H2,1-2H3,(H3,31,32). The van der Waals surface area contributed by atoms with Crippen LogP contribution in [0.25, 0.3) is 11.1 Å². The summed E-state index contributed by atoms with van der Waals surface area (Å²) in [6.45, 7) is 5.40. The lowest BCUT2D eigenvalue weighted by Crippen LogP contribution is -2.18. The van der Waals surface area contributed by atoms with Crippen molar-refractivity contribution in [3.8, 4) is 22.6 Å². The van der Waals surface area contributed by atoms with Crippen LogP contribution in [0.2, 0.25) is 0 Å². The topological polar surface area (TPSA) is 68.3 Å². The molecule has 0 radical (unpaired) electrons. The smallest absolute Gasteiger partial charge is 0.122 e. The van der Waals surface area contributed by atoms with Gasteiger partial charge in [-0.25, -0.2) is 0 Å². The Labute approximate surface area is 201 Å². The molecule has 0 saturated carbocycles. The van der Waals surface area contributed by atoms with Gasteiger partial charge in [0.2, 0.25) is 0 Å². The summed E-state index contributed by atoms with van der Waals surface area (Å²) in [6.07, 6.45) is 0. The van der Waals surface area contributed by atoms with Gasteiger partial charge < -0.3 is 15.2 Å². The molecule has 0 aliphatic carbocycles. The molecule has 0 heterocycles. The number of nitrogen functional groups attached to an aromatic ring is 1. The van der Waals surface area contributed by atoms with E-state index in [0.29, 0.717) is 13.2 Å². The quantitative estimate of drug-likeness (QED) is 0.176. The van der Waals surface area contributed by atoms with E-state index in [-0.39, 0.29) is 11.3 Å². The fourth-order valence-corrected chi connectivity index (χ4v) is 3.89. The van der Waals surface area contributed by atoms with Gasteiger partial charge in [-0.3, -0.25) is 5.41 Å². The zero-order valence-corrected chi connectivity index (χ0v) is 19.6. The molecule has 0 fully saturated rings. The van der Waals surface area contributed by atoms with Crippen LogP contribution in [0.4, 0.5) is 0 Å². The number of rotatable bonds is 9. The predicted octanol–water partition coefficient (Wildman–Crippen LogP) is 6.42. The SMILES string of the molecule is CC(C)(c1ccccc1)c1ccc(OCCOc2ccc(-c3ccc(C(=N)N)cc3)cc2)cc1. The van der Waals surface area contributed by atoms with E-state index < -0.39 is 0 Å². The summed E-state index contributed by atoms with van der Waals surface area (Å²) in [4.78, 5) is 0. The molecule has 0 aromatic heterocycles. The van der Waals surface area contributed by atoms with Crippen molar-refractivity contribution in [3.63, 3.8) is 0 Å². The van der Waals surface area contributed by atoms with Crippen molar-refractivity contribution in [2.75, 3.05) is 13.2 Å². The Bertz CT molecular complexity index is 1210. The van der Waals surface area contributed by atoms with Crippen molar-refractivity contribution in [2.45, 2.75) is 19.3 Å². The second-order valence-corrected chi connectivity index (χ2v) is 8.73. The number of nitrogens with two attached hydrogens (primary N) is 1. The molecular formula is C30H30N2O2. The van der Waals surface area contributed by atoms with Crippen molar-refractivity contribution in [3.05, 3.63) is 120 Å². The average molecular weight is 451 g/mol. The molecule has 0 unspecified atom stereocenters. The zero-order chi connectivity index (χ0) is 24.0. The highest BCUT2D eigenvalue weighted by Gasteiger charge is 2.22. The minimum absolute atomic E-state index is 0.0650. The zero-order valence-electron chi connectivity index (χ0n) is 19.6. The third-order valence-corrected chi connectivity index (χ3v) is 6.08. The normalized spacial score (nSPS) is 11.1. The minimum Gasteiger partial charge on any atom is -0.490 e. The van der Waals surface area contributed by atoms with Crippen molar-refractivity contribution in [1.29, 1.82) is 5.41 Å². The monoisotopic (exact) mass is 450 g/mol. The van der Waals surface area contributed by atoms with E-state index in [2.05, 4.69) is 50.2 Å². The molecule has 0 amide bonds. The molecular weight excluding hydrogens is 420 g/mol. The van der Waals surface area contributed by atoms with Crippen LogP contribution in [0.3, 0.4) is 0 Å². The van der Waals surface area contributed by atoms with Gasteiger partial charge in [0.15, 0.2) is 0 Å². The molecule has 34 heavy (non-hydrogen) atoms. The predicted molar refractivity (Wildman–Crippen MR) is 139 cm³/mol. The van der Waals surface area contributed by atoms with Gasteiger partial charge in [0.1, 0.15) is 30.5 Å². The Morgan fingerprint density at radius 3 is 1.59 bits per heavy atom. The highest BCUT2D eigenvalue weighted by Crippen LogP contribution is 2.32. The van der Waals surface area contributed by atoms with Crippen LogP contribution < -0.4 is 15.2 Å². The summed E-state index contributed by atoms with van der Waals surface area (Å²) in [5.74, 6) is 1.71. The fourth-order valence-electron chi connectivity index (χ4n) is 3.89. The van der Waals surface area contributed by atoms with Gasteiger partial charge in [-0.2, -0.15) is 0 Å². The summed E-state index contributed by atoms with van der Waals surface area (Å²) in [6, 6.07) is 34.4. The molecule has 0 saturated heterocycles. The second-order valence-electron chi connectivity index (χ2n) is 8.73. The van der Waals surface area contributed by atoms with Crippen molar-refractivity contribution < 1.29 is 9.47 Å². The van der Waals surface area contributed by atoms with E-state index in [1.807, 2.05) is 66.7 Å². The Hall–Kier alpha value is -4.05. The van der Waals surface area contributed by atoms with E-state index in [0.717, 1.165) is 28.2 Å². The third kappa shape index (κ3) is 5.46. The lowest BCUT2D eigenvalue weighted by molar-refractivity contribution is 0.217. The fraction of sp³-hybridized carbons (Fsp3) is 0.167. The number of hydrogen-bond acceptors (Lipinski definition) is 3. The van der Waals surface area contributed by atoms with Crippen molar-refractivity contribution in [2.24, 2.45) is 5.73 Å². The van der Waals surface area contributed by atoms with Gasteiger partial charge in [0.25, 0.3) is 0 Å². The molecule has 172 valence electrons. The number of amidine groups is 1. The van der Waals surface area contributed by atoms with Gasteiger partial charge in [-0.05, 0) is 46.5 Å². The average Bonchev–Trinajstić information content (AvgIpc) is 2.88. The molecule has 4 rings (SSSR count). The van der Waals surface area contributed by atoms with E-state index in [1.165, 1.54) is 11.1 Å².